The monoisotopic (exact) mass is 556 g/mol. The Hall–Kier alpha value is -3.58. The van der Waals surface area contributed by atoms with Gasteiger partial charge in [-0.05, 0) is 37.3 Å². The lowest BCUT2D eigenvalue weighted by Crippen LogP contribution is -2.29. The number of aromatic nitrogens is 2. The predicted octanol–water partition coefficient (Wildman–Crippen LogP) is 1.55. The summed E-state index contributed by atoms with van der Waals surface area (Å²) in [6, 6.07) is 9.56. The molecule has 208 valence electrons. The molecular weight excluding hydrogens is 524 g/mol. The standard InChI is InChI=1S/C27H32N4O7S/c1-27(39-15-28)14-38-25-18(27)11-19(30-24(25)17-5-7-23(34)31(2)13-17)20(33)12-29-26(35)16-4-6-21(37-9-8-32)22(10-16)36-3/h4-7,10-11,13,20,32-33H,8-9,12,14-15,28H2,1-3H3,(H,29,35). The van der Waals surface area contributed by atoms with Crippen LogP contribution in [0, 0.1) is 0 Å². The first-order valence-electron chi connectivity index (χ1n) is 12.3. The Morgan fingerprint density at radius 3 is 2.79 bits per heavy atom. The summed E-state index contributed by atoms with van der Waals surface area (Å²) in [6.07, 6.45) is 0.534. The molecule has 12 heteroatoms. The van der Waals surface area contributed by atoms with Gasteiger partial charge >= 0.3 is 0 Å². The number of nitrogens with two attached hydrogens (primary N) is 1. The van der Waals surface area contributed by atoms with E-state index < -0.39 is 16.8 Å². The van der Waals surface area contributed by atoms with Crippen LogP contribution >= 0.6 is 11.8 Å². The first-order valence-corrected chi connectivity index (χ1v) is 13.3. The molecule has 0 saturated heterocycles. The molecule has 1 amide bonds. The number of aliphatic hydroxyl groups is 2. The second kappa shape index (κ2) is 12.1. The van der Waals surface area contributed by atoms with E-state index in [4.69, 9.17) is 30.0 Å². The third-order valence-corrected chi connectivity index (χ3v) is 7.53. The summed E-state index contributed by atoms with van der Waals surface area (Å²) >= 11 is 1.52. The largest absolute Gasteiger partial charge is 0.493 e. The van der Waals surface area contributed by atoms with E-state index in [0.29, 0.717) is 52.2 Å². The molecule has 2 unspecified atom stereocenters. The molecule has 1 aliphatic heterocycles. The molecule has 0 fully saturated rings. The molecule has 0 radical (unpaired) electrons. The first kappa shape index (κ1) is 28.4. The average Bonchev–Trinajstić information content (AvgIpc) is 3.27. The van der Waals surface area contributed by atoms with Crippen molar-refractivity contribution in [3.63, 3.8) is 0 Å². The minimum Gasteiger partial charge on any atom is -0.493 e. The Labute approximate surface area is 229 Å². The lowest BCUT2D eigenvalue weighted by molar-refractivity contribution is 0.0913. The number of fused-ring (bicyclic) bond motifs is 1. The summed E-state index contributed by atoms with van der Waals surface area (Å²) in [5.74, 6) is 1.27. The molecule has 1 aliphatic rings. The molecule has 0 spiro atoms. The van der Waals surface area contributed by atoms with Crippen LogP contribution in [0.15, 0.2) is 47.4 Å². The van der Waals surface area contributed by atoms with E-state index in [-0.39, 0.29) is 25.3 Å². The van der Waals surface area contributed by atoms with Gasteiger partial charge in [-0.1, -0.05) is 0 Å². The van der Waals surface area contributed by atoms with Gasteiger partial charge < -0.3 is 40.0 Å². The van der Waals surface area contributed by atoms with Gasteiger partial charge in [0.05, 0.1) is 24.2 Å². The lowest BCUT2D eigenvalue weighted by Gasteiger charge is -2.22. The Kier molecular flexibility index (Phi) is 8.80. The lowest BCUT2D eigenvalue weighted by atomic mass is 9.98. The Bertz CT molecular complexity index is 1410. The van der Waals surface area contributed by atoms with E-state index in [1.165, 1.54) is 35.6 Å². The van der Waals surface area contributed by atoms with Crippen molar-refractivity contribution >= 4 is 17.7 Å². The molecule has 39 heavy (non-hydrogen) atoms. The van der Waals surface area contributed by atoms with Gasteiger partial charge in [-0.25, -0.2) is 4.98 Å². The minimum absolute atomic E-state index is 0.0943. The van der Waals surface area contributed by atoms with Crippen molar-refractivity contribution in [2.75, 3.05) is 39.4 Å². The minimum atomic E-state index is -1.13. The van der Waals surface area contributed by atoms with Crippen LogP contribution in [0.1, 0.15) is 34.6 Å². The highest BCUT2D eigenvalue weighted by Gasteiger charge is 2.39. The van der Waals surface area contributed by atoms with Crippen LogP contribution in [0.25, 0.3) is 11.3 Å². The number of aryl methyl sites for hydroxylation is 1. The number of benzene rings is 1. The van der Waals surface area contributed by atoms with Crippen LogP contribution in [0.3, 0.4) is 0 Å². The molecular formula is C27H32N4O7S. The number of hydrogen-bond acceptors (Lipinski definition) is 10. The van der Waals surface area contributed by atoms with Gasteiger partial charge in [-0.2, -0.15) is 0 Å². The molecule has 0 saturated carbocycles. The number of ether oxygens (including phenoxy) is 3. The van der Waals surface area contributed by atoms with Crippen molar-refractivity contribution in [2.45, 2.75) is 17.8 Å². The molecule has 0 bridgehead atoms. The van der Waals surface area contributed by atoms with Gasteiger partial charge in [0.2, 0.25) is 5.56 Å². The average molecular weight is 557 g/mol. The van der Waals surface area contributed by atoms with Gasteiger partial charge in [0.15, 0.2) is 11.5 Å². The van der Waals surface area contributed by atoms with Crippen LogP contribution in [-0.2, 0) is 11.8 Å². The second-order valence-electron chi connectivity index (χ2n) is 9.13. The Morgan fingerprint density at radius 1 is 1.31 bits per heavy atom. The first-order chi connectivity index (χ1) is 18.7. The molecule has 1 aromatic carbocycles. The number of hydrogen-bond donors (Lipinski definition) is 4. The number of amides is 1. The van der Waals surface area contributed by atoms with E-state index >= 15 is 0 Å². The van der Waals surface area contributed by atoms with E-state index in [2.05, 4.69) is 5.32 Å². The Morgan fingerprint density at radius 2 is 2.10 bits per heavy atom. The SMILES string of the molecule is COc1cc(C(=O)NCC(O)c2cc3c(c(-c4ccc(=O)n(C)c4)n2)OCC3(C)SCN)ccc1OCCO. The number of pyridine rings is 2. The van der Waals surface area contributed by atoms with Gasteiger partial charge in [0.25, 0.3) is 5.91 Å². The van der Waals surface area contributed by atoms with Crippen molar-refractivity contribution in [1.29, 1.82) is 0 Å². The zero-order chi connectivity index (χ0) is 28.2. The number of rotatable bonds is 11. The molecule has 4 rings (SSSR count). The fraction of sp³-hybridized carbons (Fsp3) is 0.370. The maximum atomic E-state index is 12.9. The topological polar surface area (TPSA) is 158 Å². The molecule has 3 heterocycles. The zero-order valence-corrected chi connectivity index (χ0v) is 22.8. The fourth-order valence-electron chi connectivity index (χ4n) is 4.26. The van der Waals surface area contributed by atoms with Gasteiger partial charge in [0.1, 0.15) is 30.8 Å². The number of carbonyl (C=O) groups is 1. The fourth-order valence-corrected chi connectivity index (χ4v) is 5.08. The second-order valence-corrected chi connectivity index (χ2v) is 10.7. The zero-order valence-electron chi connectivity index (χ0n) is 22.0. The molecule has 11 nitrogen and oxygen atoms in total. The highest BCUT2D eigenvalue weighted by molar-refractivity contribution is 8.00. The van der Waals surface area contributed by atoms with Crippen molar-refractivity contribution in [1.82, 2.24) is 14.9 Å². The van der Waals surface area contributed by atoms with E-state index in [9.17, 15) is 14.7 Å². The smallest absolute Gasteiger partial charge is 0.251 e. The molecule has 2 aromatic heterocycles. The van der Waals surface area contributed by atoms with Crippen molar-refractivity contribution < 1.29 is 29.2 Å². The molecule has 5 N–H and O–H groups in total. The van der Waals surface area contributed by atoms with E-state index in [0.717, 1.165) is 5.56 Å². The van der Waals surface area contributed by atoms with Crippen LogP contribution in [0.4, 0.5) is 0 Å². The maximum absolute atomic E-state index is 12.9. The summed E-state index contributed by atoms with van der Waals surface area (Å²) in [4.78, 5) is 29.5. The van der Waals surface area contributed by atoms with Crippen LogP contribution < -0.4 is 30.8 Å². The normalized spacial score (nSPS) is 16.8. The molecule has 3 aromatic rings. The molecule has 2 atom stereocenters. The summed E-state index contributed by atoms with van der Waals surface area (Å²) in [7, 11) is 3.10. The van der Waals surface area contributed by atoms with Crippen molar-refractivity contribution in [2.24, 2.45) is 12.8 Å². The van der Waals surface area contributed by atoms with Crippen LogP contribution in [0.5, 0.6) is 17.2 Å². The maximum Gasteiger partial charge on any atom is 0.251 e. The highest BCUT2D eigenvalue weighted by atomic mass is 32.2. The van der Waals surface area contributed by atoms with Crippen LogP contribution in [0.2, 0.25) is 0 Å². The number of carbonyl (C=O) groups excluding carboxylic acids is 1. The Balaban J connectivity index is 1.60. The van der Waals surface area contributed by atoms with E-state index in [1.807, 2.05) is 6.92 Å². The number of methoxy groups -OCH3 is 1. The number of nitrogens with zero attached hydrogens (tertiary/aromatic N) is 2. The number of nitrogens with one attached hydrogen (secondary N) is 1. The van der Waals surface area contributed by atoms with Crippen LogP contribution in [-0.4, -0.2) is 65.0 Å². The van der Waals surface area contributed by atoms with Crippen molar-refractivity contribution in [3.8, 4) is 28.5 Å². The third-order valence-electron chi connectivity index (χ3n) is 6.39. The summed E-state index contributed by atoms with van der Waals surface area (Å²) in [6.45, 7) is 2.22. The summed E-state index contributed by atoms with van der Waals surface area (Å²) < 4.78 is 17.7. The quantitative estimate of drug-likeness (QED) is 0.255. The predicted molar refractivity (Wildman–Crippen MR) is 147 cm³/mol. The molecule has 0 aliphatic carbocycles. The summed E-state index contributed by atoms with van der Waals surface area (Å²) in [5, 5.41) is 22.8. The third kappa shape index (κ3) is 6.04. The van der Waals surface area contributed by atoms with E-state index in [1.54, 1.807) is 37.5 Å². The van der Waals surface area contributed by atoms with Gasteiger partial charge in [-0.15, -0.1) is 11.8 Å². The van der Waals surface area contributed by atoms with Gasteiger partial charge in [-0.3, -0.25) is 9.59 Å². The highest BCUT2D eigenvalue weighted by Crippen LogP contribution is 2.49. The number of aliphatic hydroxyl groups excluding tert-OH is 2. The number of thioether (sulfide) groups is 1. The van der Waals surface area contributed by atoms with Gasteiger partial charge in [0, 0.05) is 48.4 Å². The summed E-state index contributed by atoms with van der Waals surface area (Å²) in [5.41, 5.74) is 8.33. The van der Waals surface area contributed by atoms with Crippen molar-refractivity contribution in [3.05, 3.63) is 69.8 Å².